The van der Waals surface area contributed by atoms with Gasteiger partial charge in [-0.2, -0.15) is 0 Å². The molecule has 0 saturated carbocycles. The number of hydrogen-bond acceptors (Lipinski definition) is 4. The van der Waals surface area contributed by atoms with Crippen molar-refractivity contribution in [1.82, 2.24) is 0 Å². The lowest BCUT2D eigenvalue weighted by atomic mass is 9.96. The number of carbonyl (C=O) groups is 1. The Bertz CT molecular complexity index is 1020. The molecule has 1 amide bonds. The number of para-hydroxylation sites is 2. The quantitative estimate of drug-likeness (QED) is 0.515. The van der Waals surface area contributed by atoms with E-state index in [-0.39, 0.29) is 11.7 Å². The SMILES string of the molecule is O=C(Nc1ccccc1)c1c(N=Cc2ccccc2O)sc2c1CCCCCC2. The Labute approximate surface area is 175 Å². The summed E-state index contributed by atoms with van der Waals surface area (Å²) in [4.78, 5) is 19.1. The average molecular weight is 405 g/mol. The molecule has 0 bridgehead atoms. The molecule has 0 atom stereocenters. The zero-order valence-corrected chi connectivity index (χ0v) is 17.0. The van der Waals surface area contributed by atoms with E-state index in [0.717, 1.165) is 36.9 Å². The van der Waals surface area contributed by atoms with Crippen molar-refractivity contribution < 1.29 is 9.90 Å². The molecule has 4 nitrogen and oxygen atoms in total. The number of rotatable bonds is 4. The summed E-state index contributed by atoms with van der Waals surface area (Å²) in [5.74, 6) is 0.0696. The van der Waals surface area contributed by atoms with Crippen molar-refractivity contribution in [2.75, 3.05) is 5.32 Å². The Morgan fingerprint density at radius 1 is 0.966 bits per heavy atom. The standard InChI is InChI=1S/C24H24N2O2S/c27-20-14-9-8-10-17(20)16-25-24-22(23(28)26-18-11-4-3-5-12-18)19-13-6-1-2-7-15-21(19)29-24/h3-5,8-12,14,16,27H,1-2,6-7,13,15H2,(H,26,28). The summed E-state index contributed by atoms with van der Waals surface area (Å²) in [5.41, 5.74) is 3.25. The van der Waals surface area contributed by atoms with E-state index < -0.39 is 0 Å². The van der Waals surface area contributed by atoms with Gasteiger partial charge < -0.3 is 10.4 Å². The third-order valence-electron chi connectivity index (χ3n) is 5.17. The summed E-state index contributed by atoms with van der Waals surface area (Å²) in [6.45, 7) is 0. The van der Waals surface area contributed by atoms with Gasteiger partial charge in [0.05, 0.1) is 5.56 Å². The van der Waals surface area contributed by atoms with E-state index in [1.807, 2.05) is 42.5 Å². The lowest BCUT2D eigenvalue weighted by Crippen LogP contribution is -2.14. The number of carbonyl (C=O) groups excluding carboxylic acids is 1. The van der Waals surface area contributed by atoms with E-state index in [2.05, 4.69) is 10.3 Å². The number of nitrogens with zero attached hydrogens (tertiary/aromatic N) is 1. The molecule has 4 rings (SSSR count). The van der Waals surface area contributed by atoms with Crippen molar-refractivity contribution in [1.29, 1.82) is 0 Å². The Morgan fingerprint density at radius 3 is 2.48 bits per heavy atom. The molecule has 1 aromatic heterocycles. The molecule has 1 aliphatic rings. The molecular weight excluding hydrogens is 380 g/mol. The van der Waals surface area contributed by atoms with Crippen LogP contribution in [0, 0.1) is 0 Å². The van der Waals surface area contributed by atoms with Gasteiger partial charge in [0.15, 0.2) is 0 Å². The molecule has 0 unspecified atom stereocenters. The molecule has 1 aliphatic carbocycles. The maximum Gasteiger partial charge on any atom is 0.259 e. The lowest BCUT2D eigenvalue weighted by Gasteiger charge is -2.12. The summed E-state index contributed by atoms with van der Waals surface area (Å²) < 4.78 is 0. The van der Waals surface area contributed by atoms with Gasteiger partial charge in [0.2, 0.25) is 0 Å². The van der Waals surface area contributed by atoms with Crippen LogP contribution in [0.5, 0.6) is 5.75 Å². The molecular formula is C24H24N2O2S. The van der Waals surface area contributed by atoms with E-state index in [0.29, 0.717) is 16.1 Å². The number of aromatic hydroxyl groups is 1. The summed E-state index contributed by atoms with van der Waals surface area (Å²) >= 11 is 1.61. The first kappa shape index (κ1) is 19.4. The van der Waals surface area contributed by atoms with Crippen LogP contribution in [0.3, 0.4) is 0 Å². The number of nitrogens with one attached hydrogen (secondary N) is 1. The smallest absolute Gasteiger partial charge is 0.259 e. The van der Waals surface area contributed by atoms with Crippen LogP contribution in [0.4, 0.5) is 10.7 Å². The largest absolute Gasteiger partial charge is 0.507 e. The minimum Gasteiger partial charge on any atom is -0.507 e. The predicted molar refractivity (Wildman–Crippen MR) is 120 cm³/mol. The van der Waals surface area contributed by atoms with Gasteiger partial charge in [-0.1, -0.05) is 43.2 Å². The van der Waals surface area contributed by atoms with Gasteiger partial charge in [0.25, 0.3) is 5.91 Å². The Morgan fingerprint density at radius 2 is 1.69 bits per heavy atom. The van der Waals surface area contributed by atoms with Crippen molar-refractivity contribution in [3.8, 4) is 5.75 Å². The van der Waals surface area contributed by atoms with Crippen LogP contribution in [0.15, 0.2) is 59.6 Å². The van der Waals surface area contributed by atoms with Gasteiger partial charge in [-0.25, -0.2) is 4.99 Å². The molecule has 1 heterocycles. The average Bonchev–Trinajstić information content (AvgIpc) is 3.04. The number of benzene rings is 2. The maximum absolute atomic E-state index is 13.2. The van der Waals surface area contributed by atoms with Gasteiger partial charge in [-0.05, 0) is 55.5 Å². The van der Waals surface area contributed by atoms with E-state index in [1.165, 1.54) is 17.7 Å². The highest BCUT2D eigenvalue weighted by atomic mass is 32.1. The molecule has 3 aromatic rings. The van der Waals surface area contributed by atoms with Crippen LogP contribution in [0.25, 0.3) is 0 Å². The van der Waals surface area contributed by atoms with Crippen LogP contribution in [-0.2, 0) is 12.8 Å². The first-order valence-electron chi connectivity index (χ1n) is 10.1. The maximum atomic E-state index is 13.2. The molecule has 5 heteroatoms. The summed E-state index contributed by atoms with van der Waals surface area (Å²) in [6.07, 6.45) is 8.24. The molecule has 0 radical (unpaired) electrons. The van der Waals surface area contributed by atoms with E-state index in [4.69, 9.17) is 0 Å². The topological polar surface area (TPSA) is 61.7 Å². The summed E-state index contributed by atoms with van der Waals surface area (Å²) in [5, 5.41) is 13.8. The van der Waals surface area contributed by atoms with E-state index in [1.54, 1.807) is 29.7 Å². The number of thiophene rings is 1. The third kappa shape index (κ3) is 4.57. The lowest BCUT2D eigenvalue weighted by molar-refractivity contribution is 0.102. The highest BCUT2D eigenvalue weighted by Crippen LogP contribution is 2.39. The van der Waals surface area contributed by atoms with Crippen molar-refractivity contribution in [3.05, 3.63) is 76.2 Å². The molecule has 29 heavy (non-hydrogen) atoms. The van der Waals surface area contributed by atoms with Gasteiger partial charge in [0, 0.05) is 22.3 Å². The van der Waals surface area contributed by atoms with E-state index in [9.17, 15) is 9.90 Å². The third-order valence-corrected chi connectivity index (χ3v) is 6.37. The highest BCUT2D eigenvalue weighted by molar-refractivity contribution is 7.16. The van der Waals surface area contributed by atoms with Crippen LogP contribution < -0.4 is 5.32 Å². The molecule has 2 N–H and O–H groups in total. The van der Waals surface area contributed by atoms with Crippen LogP contribution in [-0.4, -0.2) is 17.2 Å². The zero-order chi connectivity index (χ0) is 20.1. The Kier molecular flexibility index (Phi) is 6.06. The fraction of sp³-hybridized carbons (Fsp3) is 0.250. The van der Waals surface area contributed by atoms with Gasteiger partial charge in [-0.15, -0.1) is 11.3 Å². The fourth-order valence-electron chi connectivity index (χ4n) is 3.67. The second kappa shape index (κ2) is 9.05. The van der Waals surface area contributed by atoms with Gasteiger partial charge in [0.1, 0.15) is 10.8 Å². The predicted octanol–water partition coefficient (Wildman–Crippen LogP) is 6.12. The van der Waals surface area contributed by atoms with E-state index >= 15 is 0 Å². The number of fused-ring (bicyclic) bond motifs is 1. The number of anilines is 1. The van der Waals surface area contributed by atoms with Crippen molar-refractivity contribution in [2.45, 2.75) is 38.5 Å². The first-order valence-corrected chi connectivity index (χ1v) is 10.9. The minimum atomic E-state index is -0.112. The van der Waals surface area contributed by atoms with Crippen LogP contribution >= 0.6 is 11.3 Å². The van der Waals surface area contributed by atoms with Crippen molar-refractivity contribution in [3.63, 3.8) is 0 Å². The second-order valence-corrected chi connectivity index (χ2v) is 8.32. The van der Waals surface area contributed by atoms with Crippen molar-refractivity contribution >= 4 is 34.1 Å². The molecule has 148 valence electrons. The zero-order valence-electron chi connectivity index (χ0n) is 16.2. The highest BCUT2D eigenvalue weighted by Gasteiger charge is 2.24. The number of phenolic OH excluding ortho intramolecular Hbond substituents is 1. The fourth-order valence-corrected chi connectivity index (χ4v) is 4.90. The number of hydrogen-bond donors (Lipinski definition) is 2. The summed E-state index contributed by atoms with van der Waals surface area (Å²) in [7, 11) is 0. The second-order valence-electron chi connectivity index (χ2n) is 7.24. The number of aliphatic imine (C=N–C) groups is 1. The number of aryl methyl sites for hydroxylation is 1. The molecule has 0 saturated heterocycles. The van der Waals surface area contributed by atoms with Crippen LogP contribution in [0.1, 0.15) is 52.0 Å². The van der Waals surface area contributed by atoms with Gasteiger partial charge in [-0.3, -0.25) is 4.79 Å². The monoisotopic (exact) mass is 404 g/mol. The first-order chi connectivity index (χ1) is 14.2. The molecule has 0 spiro atoms. The minimum absolute atomic E-state index is 0.112. The van der Waals surface area contributed by atoms with Crippen LogP contribution in [0.2, 0.25) is 0 Å². The van der Waals surface area contributed by atoms with Crippen molar-refractivity contribution in [2.24, 2.45) is 4.99 Å². The summed E-state index contributed by atoms with van der Waals surface area (Å²) in [6, 6.07) is 16.6. The number of amides is 1. The van der Waals surface area contributed by atoms with Gasteiger partial charge >= 0.3 is 0 Å². The molecule has 2 aromatic carbocycles. The molecule has 0 fully saturated rings. The Hall–Kier alpha value is -2.92. The normalized spacial score (nSPS) is 14.2. The molecule has 0 aliphatic heterocycles. The Balaban J connectivity index is 1.72. The number of phenols is 1.